The molecule has 1 heterocycles. The molecule has 0 fully saturated rings. The number of carbonyl (C=O) groups is 1. The van der Waals surface area contributed by atoms with Crippen molar-refractivity contribution in [3.63, 3.8) is 0 Å². The van der Waals surface area contributed by atoms with Crippen LogP contribution in [0.1, 0.15) is 43.1 Å². The first-order chi connectivity index (χ1) is 13.8. The lowest BCUT2D eigenvalue weighted by Gasteiger charge is -2.30. The number of carbonyl (C=O) groups excluding carboxylic acids is 1. The van der Waals surface area contributed by atoms with Gasteiger partial charge in [-0.2, -0.15) is 0 Å². The van der Waals surface area contributed by atoms with Crippen molar-refractivity contribution < 1.29 is 21.6 Å². The SMILES string of the molecule is CC(C)(C)NS(=O)(=O)c1ccc(C(=O)N2CCCc3cc(S(C)(=O)=O)ccc32)cc1. The molecule has 3 rings (SSSR count). The molecule has 9 heteroatoms. The molecule has 1 aliphatic heterocycles. The van der Waals surface area contributed by atoms with Crippen molar-refractivity contribution in [3.05, 3.63) is 53.6 Å². The maximum Gasteiger partial charge on any atom is 0.258 e. The molecule has 7 nitrogen and oxygen atoms in total. The lowest BCUT2D eigenvalue weighted by atomic mass is 10.0. The number of nitrogens with one attached hydrogen (secondary N) is 1. The van der Waals surface area contributed by atoms with E-state index in [0.29, 0.717) is 30.6 Å². The van der Waals surface area contributed by atoms with Crippen LogP contribution in [0.25, 0.3) is 0 Å². The van der Waals surface area contributed by atoms with Crippen LogP contribution < -0.4 is 9.62 Å². The number of nitrogens with zero attached hydrogens (tertiary/aromatic N) is 1. The zero-order valence-electron chi connectivity index (χ0n) is 17.5. The van der Waals surface area contributed by atoms with Gasteiger partial charge >= 0.3 is 0 Å². The Labute approximate surface area is 178 Å². The van der Waals surface area contributed by atoms with Gasteiger partial charge in [0, 0.05) is 29.6 Å². The predicted molar refractivity (Wildman–Crippen MR) is 116 cm³/mol. The van der Waals surface area contributed by atoms with Crippen LogP contribution in [0.3, 0.4) is 0 Å². The number of hydrogen-bond donors (Lipinski definition) is 1. The molecule has 0 aromatic heterocycles. The molecule has 0 radical (unpaired) electrons. The molecule has 30 heavy (non-hydrogen) atoms. The standard InChI is InChI=1S/C21H26N2O5S2/c1-21(2,3)22-30(27,28)17-9-7-15(8-10-17)20(24)23-13-5-6-16-14-18(29(4,25)26)11-12-19(16)23/h7-12,14,22H,5-6,13H2,1-4H3. The van der Waals surface area contributed by atoms with Gasteiger partial charge in [-0.15, -0.1) is 0 Å². The van der Waals surface area contributed by atoms with Gasteiger partial charge in [0.05, 0.1) is 9.79 Å². The van der Waals surface area contributed by atoms with Crippen molar-refractivity contribution in [2.24, 2.45) is 0 Å². The smallest absolute Gasteiger partial charge is 0.258 e. The Morgan fingerprint density at radius 2 is 1.57 bits per heavy atom. The highest BCUT2D eigenvalue weighted by molar-refractivity contribution is 7.90. The molecule has 2 aromatic carbocycles. The molecule has 0 saturated carbocycles. The van der Waals surface area contributed by atoms with Crippen molar-refractivity contribution in [3.8, 4) is 0 Å². The van der Waals surface area contributed by atoms with Crippen molar-refractivity contribution in [1.29, 1.82) is 0 Å². The summed E-state index contributed by atoms with van der Waals surface area (Å²) in [5, 5.41) is 0. The Hall–Kier alpha value is -2.23. The molecule has 2 aromatic rings. The highest BCUT2D eigenvalue weighted by Gasteiger charge is 2.26. The fourth-order valence-electron chi connectivity index (χ4n) is 3.41. The van der Waals surface area contributed by atoms with Crippen molar-refractivity contribution >= 4 is 31.5 Å². The summed E-state index contributed by atoms with van der Waals surface area (Å²) in [6.07, 6.45) is 2.57. The van der Waals surface area contributed by atoms with E-state index in [-0.39, 0.29) is 15.7 Å². The highest BCUT2D eigenvalue weighted by atomic mass is 32.2. The van der Waals surface area contributed by atoms with Gasteiger partial charge < -0.3 is 4.90 Å². The van der Waals surface area contributed by atoms with Crippen LogP contribution in [0.15, 0.2) is 52.3 Å². The van der Waals surface area contributed by atoms with Gasteiger partial charge in [0.25, 0.3) is 5.91 Å². The van der Waals surface area contributed by atoms with Crippen molar-refractivity contribution in [2.75, 3.05) is 17.7 Å². The zero-order valence-corrected chi connectivity index (χ0v) is 19.1. The van der Waals surface area contributed by atoms with Crippen LogP contribution in [0, 0.1) is 0 Å². The van der Waals surface area contributed by atoms with E-state index in [1.807, 2.05) is 0 Å². The molecule has 1 aliphatic rings. The summed E-state index contributed by atoms with van der Waals surface area (Å²) < 4.78 is 51.1. The van der Waals surface area contributed by atoms with Gasteiger partial charge in [0.1, 0.15) is 0 Å². The monoisotopic (exact) mass is 450 g/mol. The minimum Gasteiger partial charge on any atom is -0.308 e. The molecule has 0 bridgehead atoms. The van der Waals surface area contributed by atoms with Gasteiger partial charge in [0.2, 0.25) is 10.0 Å². The van der Waals surface area contributed by atoms with Gasteiger partial charge in [0.15, 0.2) is 9.84 Å². The fourth-order valence-corrected chi connectivity index (χ4v) is 5.50. The first-order valence-corrected chi connectivity index (χ1v) is 12.9. The molecule has 0 spiro atoms. The Balaban J connectivity index is 1.88. The van der Waals surface area contributed by atoms with Crippen LogP contribution in [-0.2, 0) is 26.3 Å². The minimum absolute atomic E-state index is 0.0887. The summed E-state index contributed by atoms with van der Waals surface area (Å²) >= 11 is 0. The van der Waals surface area contributed by atoms with Gasteiger partial charge in [-0.3, -0.25) is 4.79 Å². The average molecular weight is 451 g/mol. The van der Waals surface area contributed by atoms with Crippen LogP contribution >= 0.6 is 0 Å². The van der Waals surface area contributed by atoms with E-state index in [9.17, 15) is 21.6 Å². The van der Waals surface area contributed by atoms with Crippen LogP contribution in [-0.4, -0.2) is 41.1 Å². The molecule has 1 amide bonds. The van der Waals surface area contributed by atoms with Gasteiger partial charge in [-0.05, 0) is 81.6 Å². The molecule has 1 N–H and O–H groups in total. The number of amides is 1. The summed E-state index contributed by atoms with van der Waals surface area (Å²) in [6.45, 7) is 5.78. The average Bonchev–Trinajstić information content (AvgIpc) is 2.64. The largest absolute Gasteiger partial charge is 0.308 e. The number of fused-ring (bicyclic) bond motifs is 1. The molecular weight excluding hydrogens is 424 g/mol. The van der Waals surface area contributed by atoms with Gasteiger partial charge in [-0.1, -0.05) is 0 Å². The van der Waals surface area contributed by atoms with E-state index in [2.05, 4.69) is 4.72 Å². The number of benzene rings is 2. The van der Waals surface area contributed by atoms with Crippen LogP contribution in [0.4, 0.5) is 5.69 Å². The molecule has 0 atom stereocenters. The normalized spacial score (nSPS) is 15.0. The molecule has 162 valence electrons. The quantitative estimate of drug-likeness (QED) is 0.772. The second-order valence-electron chi connectivity index (χ2n) is 8.50. The second kappa shape index (κ2) is 7.79. The van der Waals surface area contributed by atoms with Crippen molar-refractivity contribution in [1.82, 2.24) is 4.72 Å². The van der Waals surface area contributed by atoms with E-state index in [1.165, 1.54) is 30.3 Å². The minimum atomic E-state index is -3.68. The summed E-state index contributed by atoms with van der Waals surface area (Å²) in [5.41, 5.74) is 1.25. The maximum atomic E-state index is 13.1. The Bertz CT molecular complexity index is 1180. The number of sulfone groups is 1. The van der Waals surface area contributed by atoms with E-state index in [1.54, 1.807) is 37.8 Å². The number of sulfonamides is 1. The van der Waals surface area contributed by atoms with Crippen LogP contribution in [0.2, 0.25) is 0 Å². The third-order valence-electron chi connectivity index (χ3n) is 4.70. The van der Waals surface area contributed by atoms with E-state index >= 15 is 0 Å². The predicted octanol–water partition coefficient (Wildman–Crippen LogP) is 2.76. The van der Waals surface area contributed by atoms with Crippen molar-refractivity contribution in [2.45, 2.75) is 48.9 Å². The summed E-state index contributed by atoms with van der Waals surface area (Å²) in [7, 11) is -7.01. The highest BCUT2D eigenvalue weighted by Crippen LogP contribution is 2.30. The zero-order chi connectivity index (χ0) is 22.3. The topological polar surface area (TPSA) is 101 Å². The molecule has 0 saturated heterocycles. The summed E-state index contributed by atoms with van der Waals surface area (Å²) in [6, 6.07) is 10.6. The Morgan fingerprint density at radius 1 is 0.967 bits per heavy atom. The number of aryl methyl sites for hydroxylation is 1. The molecule has 0 aliphatic carbocycles. The molecule has 0 unspecified atom stereocenters. The van der Waals surface area contributed by atoms with E-state index < -0.39 is 25.4 Å². The number of anilines is 1. The maximum absolute atomic E-state index is 13.1. The van der Waals surface area contributed by atoms with E-state index in [0.717, 1.165) is 11.8 Å². The first kappa shape index (κ1) is 22.5. The Morgan fingerprint density at radius 3 is 2.13 bits per heavy atom. The van der Waals surface area contributed by atoms with Crippen LogP contribution in [0.5, 0.6) is 0 Å². The Kier molecular flexibility index (Phi) is 5.83. The fraction of sp³-hybridized carbons (Fsp3) is 0.381. The van der Waals surface area contributed by atoms with Gasteiger partial charge in [-0.25, -0.2) is 21.6 Å². The number of hydrogen-bond acceptors (Lipinski definition) is 5. The van der Waals surface area contributed by atoms with E-state index in [4.69, 9.17) is 0 Å². The number of rotatable bonds is 4. The lowest BCUT2D eigenvalue weighted by molar-refractivity contribution is 0.0985. The third kappa shape index (κ3) is 4.91. The second-order valence-corrected chi connectivity index (χ2v) is 12.2. The molecular formula is C21H26N2O5S2. The lowest BCUT2D eigenvalue weighted by Crippen LogP contribution is -2.40. The summed E-state index contributed by atoms with van der Waals surface area (Å²) in [4.78, 5) is 15.0. The first-order valence-electron chi connectivity index (χ1n) is 9.57. The third-order valence-corrected chi connectivity index (χ3v) is 7.58. The summed E-state index contributed by atoms with van der Waals surface area (Å²) in [5.74, 6) is -0.254.